The zero-order valence-electron chi connectivity index (χ0n) is 20.7. The molecule has 0 amide bonds. The highest BCUT2D eigenvalue weighted by Crippen LogP contribution is 2.40. The minimum Gasteiger partial charge on any atom is -0.369 e. The lowest BCUT2D eigenvalue weighted by Gasteiger charge is -2.26. The van der Waals surface area contributed by atoms with E-state index in [1.807, 2.05) is 0 Å². The molecule has 0 unspecified atom stereocenters. The summed E-state index contributed by atoms with van der Waals surface area (Å²) in [6.45, 7) is 15.1. The van der Waals surface area contributed by atoms with Crippen molar-refractivity contribution in [1.29, 1.82) is 0 Å². The normalized spacial score (nSPS) is 13.8. The Bertz CT molecular complexity index is 1290. The highest BCUT2D eigenvalue weighted by Gasteiger charge is 2.27. The third-order valence-electron chi connectivity index (χ3n) is 6.92. The van der Waals surface area contributed by atoms with Crippen LogP contribution in [0.15, 0.2) is 42.5 Å². The molecule has 4 heteroatoms. The highest BCUT2D eigenvalue weighted by molar-refractivity contribution is 6.14. The van der Waals surface area contributed by atoms with Gasteiger partial charge < -0.3 is 10.2 Å². The first-order valence-corrected chi connectivity index (χ1v) is 12.4. The van der Waals surface area contributed by atoms with Gasteiger partial charge in [0.2, 0.25) is 0 Å². The van der Waals surface area contributed by atoms with Gasteiger partial charge in [-0.1, -0.05) is 42.8 Å². The van der Waals surface area contributed by atoms with Crippen LogP contribution in [0.25, 0.3) is 27.6 Å². The maximum absolute atomic E-state index is 5.15. The van der Waals surface area contributed by atoms with Gasteiger partial charge in [0.1, 0.15) is 5.65 Å². The zero-order valence-corrected chi connectivity index (χ0v) is 20.7. The fourth-order valence-electron chi connectivity index (χ4n) is 5.37. The summed E-state index contributed by atoms with van der Waals surface area (Å²) >= 11 is 0. The average Bonchev–Trinajstić information content (AvgIpc) is 3.54. The van der Waals surface area contributed by atoms with Gasteiger partial charge in [-0.05, 0) is 76.3 Å². The Hall–Kier alpha value is -2.85. The summed E-state index contributed by atoms with van der Waals surface area (Å²) in [4.78, 5) is 7.76. The SMILES string of the molecule is CCNCCN(CC1CC1)c1cc(C)nc2c1c1ccccc1n2-c1c(C)cc(C)cc1C. The summed E-state index contributed by atoms with van der Waals surface area (Å²) in [6, 6.07) is 15.7. The van der Waals surface area contributed by atoms with Gasteiger partial charge in [-0.2, -0.15) is 0 Å². The van der Waals surface area contributed by atoms with E-state index in [0.717, 1.165) is 43.4 Å². The molecule has 1 aliphatic carbocycles. The molecule has 1 N–H and O–H groups in total. The van der Waals surface area contributed by atoms with Crippen LogP contribution >= 0.6 is 0 Å². The number of likely N-dealkylation sites (N-methyl/N-ethyl adjacent to an activating group) is 1. The van der Waals surface area contributed by atoms with Gasteiger partial charge in [-0.25, -0.2) is 4.98 Å². The number of hydrogen-bond acceptors (Lipinski definition) is 3. The van der Waals surface area contributed by atoms with Crippen molar-refractivity contribution in [3.8, 4) is 5.69 Å². The van der Waals surface area contributed by atoms with Crippen molar-refractivity contribution in [2.45, 2.75) is 47.5 Å². The smallest absolute Gasteiger partial charge is 0.147 e. The largest absolute Gasteiger partial charge is 0.369 e. The second-order valence-corrected chi connectivity index (χ2v) is 9.82. The number of benzene rings is 2. The molecule has 2 aromatic heterocycles. The topological polar surface area (TPSA) is 33.1 Å². The Morgan fingerprint density at radius 3 is 2.45 bits per heavy atom. The number of nitrogens with one attached hydrogen (secondary N) is 1. The molecule has 0 radical (unpaired) electrons. The minimum atomic E-state index is 0.824. The molecule has 172 valence electrons. The fraction of sp³-hybridized carbons (Fsp3) is 0.414. The molecule has 0 bridgehead atoms. The van der Waals surface area contributed by atoms with Crippen LogP contribution in [0.3, 0.4) is 0 Å². The summed E-state index contributed by atoms with van der Waals surface area (Å²) in [5.41, 5.74) is 9.87. The molecule has 1 fully saturated rings. The van der Waals surface area contributed by atoms with Crippen LogP contribution in [0.2, 0.25) is 0 Å². The first-order chi connectivity index (χ1) is 16.0. The number of fused-ring (bicyclic) bond motifs is 3. The van der Waals surface area contributed by atoms with Gasteiger partial charge in [0, 0.05) is 30.7 Å². The predicted octanol–water partition coefficient (Wildman–Crippen LogP) is 6.24. The second kappa shape index (κ2) is 8.83. The van der Waals surface area contributed by atoms with Gasteiger partial charge in [0.05, 0.1) is 22.3 Å². The summed E-state index contributed by atoms with van der Waals surface area (Å²) in [6.07, 6.45) is 2.71. The van der Waals surface area contributed by atoms with Gasteiger partial charge in [-0.15, -0.1) is 0 Å². The Morgan fingerprint density at radius 1 is 1.03 bits per heavy atom. The van der Waals surface area contributed by atoms with Crippen LogP contribution in [0, 0.1) is 33.6 Å². The Balaban J connectivity index is 1.79. The lowest BCUT2D eigenvalue weighted by molar-refractivity contribution is 0.658. The number of rotatable bonds is 8. The lowest BCUT2D eigenvalue weighted by atomic mass is 10.0. The Morgan fingerprint density at radius 2 is 1.76 bits per heavy atom. The molecule has 4 aromatic rings. The van der Waals surface area contributed by atoms with Crippen LogP contribution < -0.4 is 10.2 Å². The minimum absolute atomic E-state index is 0.824. The van der Waals surface area contributed by atoms with Crippen molar-refractivity contribution in [3.63, 3.8) is 0 Å². The predicted molar refractivity (Wildman–Crippen MR) is 141 cm³/mol. The second-order valence-electron chi connectivity index (χ2n) is 9.82. The van der Waals surface area contributed by atoms with Crippen LogP contribution in [0.1, 0.15) is 42.1 Å². The molecular formula is C29H36N4. The maximum atomic E-state index is 5.15. The first-order valence-electron chi connectivity index (χ1n) is 12.4. The molecule has 1 aliphatic rings. The Labute approximate surface area is 197 Å². The summed E-state index contributed by atoms with van der Waals surface area (Å²) in [7, 11) is 0. The summed E-state index contributed by atoms with van der Waals surface area (Å²) < 4.78 is 2.41. The quantitative estimate of drug-likeness (QED) is 0.329. The van der Waals surface area contributed by atoms with Gasteiger partial charge in [0.25, 0.3) is 0 Å². The number of aromatic nitrogens is 2. The molecule has 0 atom stereocenters. The van der Waals surface area contributed by atoms with Crippen molar-refractivity contribution in [1.82, 2.24) is 14.9 Å². The molecule has 0 aliphatic heterocycles. The van der Waals surface area contributed by atoms with E-state index in [9.17, 15) is 0 Å². The van der Waals surface area contributed by atoms with E-state index in [2.05, 4.69) is 91.9 Å². The van der Waals surface area contributed by atoms with E-state index in [0.29, 0.717) is 0 Å². The van der Waals surface area contributed by atoms with Gasteiger partial charge >= 0.3 is 0 Å². The van der Waals surface area contributed by atoms with E-state index >= 15 is 0 Å². The van der Waals surface area contributed by atoms with E-state index in [1.54, 1.807) is 0 Å². The zero-order chi connectivity index (χ0) is 23.1. The molecule has 4 nitrogen and oxygen atoms in total. The van der Waals surface area contributed by atoms with Crippen molar-refractivity contribution < 1.29 is 0 Å². The van der Waals surface area contributed by atoms with Gasteiger partial charge in [0.15, 0.2) is 0 Å². The molecule has 0 spiro atoms. The van der Waals surface area contributed by atoms with Crippen molar-refractivity contribution >= 4 is 27.6 Å². The van der Waals surface area contributed by atoms with E-state index < -0.39 is 0 Å². The van der Waals surface area contributed by atoms with E-state index in [-0.39, 0.29) is 0 Å². The van der Waals surface area contributed by atoms with Gasteiger partial charge in [-0.3, -0.25) is 4.57 Å². The molecule has 2 aromatic carbocycles. The number of para-hydroxylation sites is 1. The Kier molecular flexibility index (Phi) is 5.88. The number of hydrogen-bond donors (Lipinski definition) is 1. The van der Waals surface area contributed by atoms with Crippen molar-refractivity contribution in [2.24, 2.45) is 5.92 Å². The van der Waals surface area contributed by atoms with Crippen molar-refractivity contribution in [2.75, 3.05) is 31.1 Å². The number of anilines is 1. The number of pyridine rings is 1. The van der Waals surface area contributed by atoms with Crippen LogP contribution in [0.4, 0.5) is 5.69 Å². The number of nitrogens with zero attached hydrogens (tertiary/aromatic N) is 3. The number of aryl methyl sites for hydroxylation is 4. The molecule has 5 rings (SSSR count). The lowest BCUT2D eigenvalue weighted by Crippen LogP contribution is -2.33. The third-order valence-corrected chi connectivity index (χ3v) is 6.92. The highest BCUT2D eigenvalue weighted by atomic mass is 15.2. The summed E-state index contributed by atoms with van der Waals surface area (Å²) in [5, 5.41) is 6.11. The molecule has 33 heavy (non-hydrogen) atoms. The van der Waals surface area contributed by atoms with E-state index in [4.69, 9.17) is 4.98 Å². The fourth-order valence-corrected chi connectivity index (χ4v) is 5.37. The third kappa shape index (κ3) is 4.13. The standard InChI is InChI=1S/C29H36N4/c1-6-30-13-14-32(18-23-11-12-23)26-17-22(5)31-29-27(26)24-9-7-8-10-25(24)33(29)28-20(3)15-19(2)16-21(28)4/h7-10,15-17,23,30H,6,11-14,18H2,1-5H3. The van der Waals surface area contributed by atoms with Crippen molar-refractivity contribution in [3.05, 3.63) is 64.8 Å². The molecular weight excluding hydrogens is 404 g/mol. The summed E-state index contributed by atoms with van der Waals surface area (Å²) in [5.74, 6) is 0.824. The maximum Gasteiger partial charge on any atom is 0.147 e. The monoisotopic (exact) mass is 440 g/mol. The van der Waals surface area contributed by atoms with E-state index in [1.165, 1.54) is 57.2 Å². The molecule has 1 saturated carbocycles. The first kappa shape index (κ1) is 22.0. The molecule has 0 saturated heterocycles. The van der Waals surface area contributed by atoms with Crippen LogP contribution in [0.5, 0.6) is 0 Å². The van der Waals surface area contributed by atoms with Crippen LogP contribution in [-0.4, -0.2) is 35.7 Å². The van der Waals surface area contributed by atoms with Crippen LogP contribution in [-0.2, 0) is 0 Å². The average molecular weight is 441 g/mol. The molecule has 2 heterocycles.